The van der Waals surface area contributed by atoms with E-state index < -0.39 is 0 Å². The minimum Gasteiger partial charge on any atom is -0.342 e. The topological polar surface area (TPSA) is 71.0 Å². The molecule has 2 heterocycles. The Morgan fingerprint density at radius 1 is 1.31 bits per heavy atom. The molecule has 0 aliphatic carbocycles. The second-order valence-corrected chi connectivity index (χ2v) is 8.27. The number of aryl methyl sites for hydroxylation is 1. The molecule has 1 atom stereocenters. The summed E-state index contributed by atoms with van der Waals surface area (Å²) in [6, 6.07) is 10.0. The number of thioether (sulfide) groups is 1. The van der Waals surface area contributed by atoms with E-state index in [9.17, 15) is 9.59 Å². The van der Waals surface area contributed by atoms with Crippen LogP contribution in [-0.2, 0) is 17.8 Å². The van der Waals surface area contributed by atoms with E-state index in [1.165, 1.54) is 17.3 Å². The highest BCUT2D eigenvalue weighted by Crippen LogP contribution is 2.24. The summed E-state index contributed by atoms with van der Waals surface area (Å²) in [6.07, 6.45) is 2.88. The minimum absolute atomic E-state index is 0.131. The second kappa shape index (κ2) is 8.58. The smallest absolute Gasteiger partial charge is 0.342 e. The molecule has 7 heteroatoms. The molecule has 0 saturated carbocycles. The third kappa shape index (κ3) is 4.58. The number of hydrogen-bond acceptors (Lipinski definition) is 4. The number of carbonyl (C=O) groups is 1. The fraction of sp³-hybridized carbons (Fsp3) is 0.526. The summed E-state index contributed by atoms with van der Waals surface area (Å²) in [5.41, 5.74) is 0.943. The summed E-state index contributed by atoms with van der Waals surface area (Å²) in [6.45, 7) is 6.32. The van der Waals surface area contributed by atoms with Gasteiger partial charge in [0.15, 0.2) is 5.16 Å². The molecule has 1 aliphatic heterocycles. The van der Waals surface area contributed by atoms with E-state index in [1.807, 2.05) is 42.2 Å². The van der Waals surface area contributed by atoms with E-state index in [1.54, 1.807) is 4.57 Å². The number of nitrogens with zero attached hydrogens (tertiary/aromatic N) is 3. The Labute approximate surface area is 158 Å². The van der Waals surface area contributed by atoms with Crippen molar-refractivity contribution in [1.82, 2.24) is 19.7 Å². The van der Waals surface area contributed by atoms with Gasteiger partial charge < -0.3 is 4.90 Å². The summed E-state index contributed by atoms with van der Waals surface area (Å²) in [4.78, 5) is 26.7. The molecule has 1 fully saturated rings. The SMILES string of the molecule is CC1CCN(C(=O)[C@H](C)Sc2n[nH]c(=O)n2CCc2ccccc2)CC1. The molecule has 2 aromatic rings. The van der Waals surface area contributed by atoms with Crippen LogP contribution in [0.25, 0.3) is 0 Å². The molecule has 3 rings (SSSR count). The zero-order valence-electron chi connectivity index (χ0n) is 15.4. The average molecular weight is 375 g/mol. The highest BCUT2D eigenvalue weighted by Gasteiger charge is 2.26. The number of benzene rings is 1. The zero-order chi connectivity index (χ0) is 18.5. The molecule has 1 aromatic carbocycles. The number of carbonyl (C=O) groups excluding carboxylic acids is 1. The third-order valence-electron chi connectivity index (χ3n) is 4.92. The Bertz CT molecular complexity index is 778. The van der Waals surface area contributed by atoms with Crippen LogP contribution in [0.3, 0.4) is 0 Å². The van der Waals surface area contributed by atoms with Crippen molar-refractivity contribution in [3.8, 4) is 0 Å². The summed E-state index contributed by atoms with van der Waals surface area (Å²) in [7, 11) is 0. The van der Waals surface area contributed by atoms with Crippen LogP contribution in [-0.4, -0.2) is 43.9 Å². The van der Waals surface area contributed by atoms with Crippen molar-refractivity contribution in [1.29, 1.82) is 0 Å². The quantitative estimate of drug-likeness (QED) is 0.789. The van der Waals surface area contributed by atoms with Crippen molar-refractivity contribution < 1.29 is 4.79 Å². The first-order valence-electron chi connectivity index (χ1n) is 9.19. The molecule has 6 nitrogen and oxygen atoms in total. The molecule has 26 heavy (non-hydrogen) atoms. The van der Waals surface area contributed by atoms with Crippen LogP contribution in [0.15, 0.2) is 40.3 Å². The monoisotopic (exact) mass is 374 g/mol. The zero-order valence-corrected chi connectivity index (χ0v) is 16.2. The van der Waals surface area contributed by atoms with Gasteiger partial charge in [-0.3, -0.25) is 9.36 Å². The van der Waals surface area contributed by atoms with Gasteiger partial charge in [-0.15, -0.1) is 5.10 Å². The number of nitrogens with one attached hydrogen (secondary N) is 1. The van der Waals surface area contributed by atoms with Crippen molar-refractivity contribution in [2.45, 2.75) is 50.1 Å². The van der Waals surface area contributed by atoms with E-state index >= 15 is 0 Å². The van der Waals surface area contributed by atoms with Gasteiger partial charge in [-0.1, -0.05) is 49.0 Å². The molecular formula is C19H26N4O2S. The number of aromatic amines is 1. The first-order valence-corrected chi connectivity index (χ1v) is 10.1. The lowest BCUT2D eigenvalue weighted by molar-refractivity contribution is -0.131. The Morgan fingerprint density at radius 3 is 2.69 bits per heavy atom. The molecule has 0 radical (unpaired) electrons. The number of piperidine rings is 1. The molecule has 1 aromatic heterocycles. The first-order chi connectivity index (χ1) is 12.5. The molecule has 1 N–H and O–H groups in total. The number of hydrogen-bond donors (Lipinski definition) is 1. The van der Waals surface area contributed by atoms with Crippen molar-refractivity contribution in [3.05, 3.63) is 46.4 Å². The van der Waals surface area contributed by atoms with Gasteiger partial charge in [-0.2, -0.15) is 0 Å². The average Bonchev–Trinajstić information content (AvgIpc) is 3.00. The summed E-state index contributed by atoms with van der Waals surface area (Å²) in [5, 5.41) is 6.97. The minimum atomic E-state index is -0.255. The Hall–Kier alpha value is -2.02. The van der Waals surface area contributed by atoms with Crippen LogP contribution in [0.4, 0.5) is 0 Å². The maximum atomic E-state index is 12.7. The van der Waals surface area contributed by atoms with Gasteiger partial charge in [0, 0.05) is 19.6 Å². The normalized spacial score (nSPS) is 16.6. The van der Waals surface area contributed by atoms with Crippen molar-refractivity contribution >= 4 is 17.7 Å². The molecule has 0 bridgehead atoms. The van der Waals surface area contributed by atoms with Crippen molar-refractivity contribution in [2.75, 3.05) is 13.1 Å². The van der Waals surface area contributed by atoms with Crippen LogP contribution in [0.5, 0.6) is 0 Å². The third-order valence-corrected chi connectivity index (χ3v) is 5.99. The van der Waals surface area contributed by atoms with Crippen LogP contribution in [0, 0.1) is 5.92 Å². The number of likely N-dealkylation sites (tertiary alicyclic amines) is 1. The highest BCUT2D eigenvalue weighted by molar-refractivity contribution is 8.00. The van der Waals surface area contributed by atoms with E-state index in [0.717, 1.165) is 32.4 Å². The maximum Gasteiger partial charge on any atom is 0.343 e. The molecule has 0 unspecified atom stereocenters. The fourth-order valence-electron chi connectivity index (χ4n) is 3.17. The van der Waals surface area contributed by atoms with Gasteiger partial charge in [-0.05, 0) is 37.7 Å². The summed E-state index contributed by atoms with van der Waals surface area (Å²) >= 11 is 1.36. The fourth-order valence-corrected chi connectivity index (χ4v) is 4.14. The van der Waals surface area contributed by atoms with E-state index in [2.05, 4.69) is 17.1 Å². The van der Waals surface area contributed by atoms with Crippen molar-refractivity contribution in [3.63, 3.8) is 0 Å². The largest absolute Gasteiger partial charge is 0.343 e. The van der Waals surface area contributed by atoms with Gasteiger partial charge in [-0.25, -0.2) is 9.89 Å². The number of aromatic nitrogens is 3. The lowest BCUT2D eigenvalue weighted by Crippen LogP contribution is -2.41. The van der Waals surface area contributed by atoms with Crippen LogP contribution in [0.2, 0.25) is 0 Å². The Balaban J connectivity index is 1.62. The van der Waals surface area contributed by atoms with Crippen LogP contribution in [0.1, 0.15) is 32.3 Å². The van der Waals surface area contributed by atoms with Gasteiger partial charge >= 0.3 is 5.69 Å². The molecule has 0 spiro atoms. The molecular weight excluding hydrogens is 348 g/mol. The Morgan fingerprint density at radius 2 is 2.00 bits per heavy atom. The van der Waals surface area contributed by atoms with Crippen LogP contribution < -0.4 is 5.69 Å². The number of rotatable bonds is 6. The number of H-pyrrole nitrogens is 1. The van der Waals surface area contributed by atoms with E-state index in [0.29, 0.717) is 17.6 Å². The van der Waals surface area contributed by atoms with E-state index in [4.69, 9.17) is 0 Å². The van der Waals surface area contributed by atoms with Gasteiger partial charge in [0.2, 0.25) is 5.91 Å². The standard InChI is InChI=1S/C19H26N4O2S/c1-14-8-11-22(12-9-14)17(24)15(2)26-19-21-20-18(25)23(19)13-10-16-6-4-3-5-7-16/h3-7,14-15H,8-13H2,1-2H3,(H,20,25)/t15-/m0/s1. The maximum absolute atomic E-state index is 12.7. The summed E-state index contributed by atoms with van der Waals surface area (Å²) in [5.74, 6) is 0.823. The lowest BCUT2D eigenvalue weighted by atomic mass is 9.99. The number of amides is 1. The van der Waals surface area contributed by atoms with Gasteiger partial charge in [0.25, 0.3) is 0 Å². The predicted molar refractivity (Wildman–Crippen MR) is 103 cm³/mol. The Kier molecular flexibility index (Phi) is 6.19. The lowest BCUT2D eigenvalue weighted by Gasteiger charge is -2.31. The van der Waals surface area contributed by atoms with Crippen molar-refractivity contribution in [2.24, 2.45) is 5.92 Å². The molecule has 140 valence electrons. The predicted octanol–water partition coefficient (Wildman–Crippen LogP) is 2.55. The van der Waals surface area contributed by atoms with Gasteiger partial charge in [0.1, 0.15) is 0 Å². The van der Waals surface area contributed by atoms with E-state index in [-0.39, 0.29) is 16.8 Å². The second-order valence-electron chi connectivity index (χ2n) is 6.97. The summed E-state index contributed by atoms with van der Waals surface area (Å²) < 4.78 is 1.62. The molecule has 1 amide bonds. The van der Waals surface area contributed by atoms with Crippen LogP contribution >= 0.6 is 11.8 Å². The highest BCUT2D eigenvalue weighted by atomic mass is 32.2. The first kappa shape index (κ1) is 18.8. The van der Waals surface area contributed by atoms with Gasteiger partial charge in [0.05, 0.1) is 5.25 Å². The molecule has 1 saturated heterocycles. The molecule has 1 aliphatic rings.